The summed E-state index contributed by atoms with van der Waals surface area (Å²) in [6.45, 7) is 1.43. The molecule has 0 aliphatic rings. The molecule has 4 rings (SSSR count). The molecule has 4 aromatic rings. The summed E-state index contributed by atoms with van der Waals surface area (Å²) in [7, 11) is 0. The Hall–Kier alpha value is -3.57. The molecule has 2 heteroatoms. The highest BCUT2D eigenvalue weighted by atomic mass is 16.3. The van der Waals surface area contributed by atoms with Crippen LogP contribution in [0.5, 0.6) is 5.75 Å². The molecule has 2 nitrogen and oxygen atoms in total. The lowest BCUT2D eigenvalue weighted by Crippen LogP contribution is -1.92. The quantitative estimate of drug-likeness (QED) is 0.291. The standard InChI is InChI=1S/C24H16O2/c1-16(25)20-12-10-17(14-24(20)26)11-13-23-21-8-4-2-6-18(21)15-19-7-3-5-9-22(19)23/h2-10,12,14-15,26H,1H3. The molecule has 0 aliphatic carbocycles. The normalized spacial score (nSPS) is 10.5. The van der Waals surface area contributed by atoms with Crippen molar-refractivity contribution in [3.8, 4) is 17.6 Å². The molecule has 0 spiro atoms. The lowest BCUT2D eigenvalue weighted by atomic mass is 9.97. The van der Waals surface area contributed by atoms with Crippen molar-refractivity contribution in [3.63, 3.8) is 0 Å². The molecule has 0 radical (unpaired) electrons. The van der Waals surface area contributed by atoms with Crippen molar-refractivity contribution >= 4 is 27.3 Å². The topological polar surface area (TPSA) is 37.3 Å². The number of hydrogen-bond acceptors (Lipinski definition) is 2. The second-order valence-corrected chi connectivity index (χ2v) is 6.23. The van der Waals surface area contributed by atoms with Gasteiger partial charge in [0, 0.05) is 11.1 Å². The van der Waals surface area contributed by atoms with Gasteiger partial charge in [-0.2, -0.15) is 0 Å². The van der Waals surface area contributed by atoms with E-state index in [9.17, 15) is 9.90 Å². The van der Waals surface area contributed by atoms with Gasteiger partial charge < -0.3 is 5.11 Å². The van der Waals surface area contributed by atoms with Crippen molar-refractivity contribution in [2.75, 3.05) is 0 Å². The Morgan fingerprint density at radius 2 is 1.42 bits per heavy atom. The Morgan fingerprint density at radius 3 is 2.00 bits per heavy atom. The maximum absolute atomic E-state index is 11.5. The molecule has 0 aliphatic heterocycles. The summed E-state index contributed by atoms with van der Waals surface area (Å²) in [6.07, 6.45) is 0. The second-order valence-electron chi connectivity index (χ2n) is 6.23. The van der Waals surface area contributed by atoms with Gasteiger partial charge in [0.2, 0.25) is 0 Å². The minimum absolute atomic E-state index is 0.0351. The van der Waals surface area contributed by atoms with E-state index >= 15 is 0 Å². The fourth-order valence-corrected chi connectivity index (χ4v) is 3.19. The molecular formula is C24H16O2. The van der Waals surface area contributed by atoms with Crippen molar-refractivity contribution < 1.29 is 9.90 Å². The third kappa shape index (κ3) is 2.81. The summed E-state index contributed by atoms with van der Waals surface area (Å²) in [6, 6.07) is 23.5. The van der Waals surface area contributed by atoms with Crippen molar-refractivity contribution in [3.05, 3.63) is 89.5 Å². The Bertz CT molecular complexity index is 1170. The fourth-order valence-electron chi connectivity index (χ4n) is 3.19. The first-order valence-corrected chi connectivity index (χ1v) is 8.40. The summed E-state index contributed by atoms with van der Waals surface area (Å²) in [5.41, 5.74) is 1.95. The molecule has 0 aromatic heterocycles. The van der Waals surface area contributed by atoms with Crippen molar-refractivity contribution in [2.24, 2.45) is 0 Å². The minimum atomic E-state index is -0.165. The summed E-state index contributed by atoms with van der Waals surface area (Å²) >= 11 is 0. The molecular weight excluding hydrogens is 320 g/mol. The molecule has 0 bridgehead atoms. The molecule has 0 amide bonds. The SMILES string of the molecule is CC(=O)c1ccc(C#Cc2c3ccccc3cc3ccccc23)cc1O. The number of carbonyl (C=O) groups is 1. The minimum Gasteiger partial charge on any atom is -0.507 e. The van der Waals surface area contributed by atoms with Crippen LogP contribution in [0.2, 0.25) is 0 Å². The van der Waals surface area contributed by atoms with Gasteiger partial charge in [0.05, 0.1) is 5.56 Å². The van der Waals surface area contributed by atoms with E-state index in [0.29, 0.717) is 11.1 Å². The summed E-state index contributed by atoms with van der Waals surface area (Å²) in [4.78, 5) is 11.5. The van der Waals surface area contributed by atoms with E-state index in [4.69, 9.17) is 0 Å². The Morgan fingerprint density at radius 1 is 0.808 bits per heavy atom. The van der Waals surface area contributed by atoms with E-state index in [-0.39, 0.29) is 11.5 Å². The zero-order valence-electron chi connectivity index (χ0n) is 14.3. The number of benzene rings is 4. The van der Waals surface area contributed by atoms with E-state index in [1.165, 1.54) is 13.0 Å². The number of aromatic hydroxyl groups is 1. The molecule has 1 N–H and O–H groups in total. The van der Waals surface area contributed by atoms with Crippen molar-refractivity contribution in [1.82, 2.24) is 0 Å². The van der Waals surface area contributed by atoms with Gasteiger partial charge in [-0.3, -0.25) is 4.79 Å². The molecule has 0 saturated heterocycles. The van der Waals surface area contributed by atoms with E-state index < -0.39 is 0 Å². The van der Waals surface area contributed by atoms with Crippen LogP contribution in [-0.2, 0) is 0 Å². The van der Waals surface area contributed by atoms with E-state index in [1.807, 2.05) is 24.3 Å². The van der Waals surface area contributed by atoms with Crippen LogP contribution in [0.15, 0.2) is 72.8 Å². The third-order valence-corrected chi connectivity index (χ3v) is 4.48. The van der Waals surface area contributed by atoms with Crippen molar-refractivity contribution in [1.29, 1.82) is 0 Å². The maximum Gasteiger partial charge on any atom is 0.163 e. The maximum atomic E-state index is 11.5. The second kappa shape index (κ2) is 6.38. The first kappa shape index (κ1) is 15.9. The molecule has 0 fully saturated rings. The fraction of sp³-hybridized carbons (Fsp3) is 0.0417. The van der Waals surface area contributed by atoms with E-state index in [2.05, 4.69) is 42.2 Å². The molecule has 0 saturated carbocycles. The Kier molecular flexibility index (Phi) is 3.91. The third-order valence-electron chi connectivity index (χ3n) is 4.48. The van der Waals surface area contributed by atoms with Crippen molar-refractivity contribution in [2.45, 2.75) is 6.92 Å². The predicted octanol–water partition coefficient (Wildman–Crippen LogP) is 5.30. The van der Waals surface area contributed by atoms with Gasteiger partial charge in [0.1, 0.15) is 5.75 Å². The van der Waals surface area contributed by atoms with Gasteiger partial charge in [-0.05, 0) is 52.7 Å². The highest BCUT2D eigenvalue weighted by Gasteiger charge is 2.07. The number of fused-ring (bicyclic) bond motifs is 2. The summed E-state index contributed by atoms with van der Waals surface area (Å²) in [5, 5.41) is 14.5. The average Bonchev–Trinajstić information content (AvgIpc) is 2.65. The van der Waals surface area contributed by atoms with Gasteiger partial charge in [-0.15, -0.1) is 0 Å². The van der Waals surface area contributed by atoms with Crippen LogP contribution >= 0.6 is 0 Å². The Balaban J connectivity index is 1.91. The predicted molar refractivity (Wildman–Crippen MR) is 106 cm³/mol. The number of phenolic OH excluding ortho intramolecular Hbond substituents is 1. The van der Waals surface area contributed by atoms with Gasteiger partial charge >= 0.3 is 0 Å². The monoisotopic (exact) mass is 336 g/mol. The highest BCUT2D eigenvalue weighted by molar-refractivity contribution is 6.04. The molecule has 124 valence electrons. The van der Waals surface area contributed by atoms with Gasteiger partial charge in [0.25, 0.3) is 0 Å². The van der Waals surface area contributed by atoms with Gasteiger partial charge in [-0.1, -0.05) is 60.4 Å². The number of Topliss-reactive ketones (excluding diaryl/α,β-unsaturated/α-hetero) is 1. The first-order valence-electron chi connectivity index (χ1n) is 8.40. The van der Waals surface area contributed by atoms with Crippen LogP contribution < -0.4 is 0 Å². The number of rotatable bonds is 1. The van der Waals surface area contributed by atoms with Crippen LogP contribution in [-0.4, -0.2) is 10.9 Å². The van der Waals surface area contributed by atoms with Crippen LogP contribution in [0.1, 0.15) is 28.4 Å². The zero-order valence-corrected chi connectivity index (χ0v) is 14.3. The van der Waals surface area contributed by atoms with Crippen LogP contribution in [0.3, 0.4) is 0 Å². The highest BCUT2D eigenvalue weighted by Crippen LogP contribution is 2.28. The molecule has 0 atom stereocenters. The zero-order chi connectivity index (χ0) is 18.1. The van der Waals surface area contributed by atoms with E-state index in [1.54, 1.807) is 12.1 Å². The molecule has 0 heterocycles. The van der Waals surface area contributed by atoms with E-state index in [0.717, 1.165) is 27.1 Å². The van der Waals surface area contributed by atoms with Gasteiger partial charge in [0.15, 0.2) is 5.78 Å². The first-order chi connectivity index (χ1) is 12.6. The summed E-state index contributed by atoms with van der Waals surface area (Å²) < 4.78 is 0. The number of hydrogen-bond donors (Lipinski definition) is 1. The smallest absolute Gasteiger partial charge is 0.163 e. The molecule has 0 unspecified atom stereocenters. The lowest BCUT2D eigenvalue weighted by molar-refractivity contribution is 0.101. The number of phenols is 1. The number of ketones is 1. The van der Waals surface area contributed by atoms with Crippen LogP contribution in [0.4, 0.5) is 0 Å². The Labute approximate surface area is 151 Å². The molecule has 26 heavy (non-hydrogen) atoms. The molecule has 4 aromatic carbocycles. The van der Waals surface area contributed by atoms with Gasteiger partial charge in [-0.25, -0.2) is 0 Å². The van der Waals surface area contributed by atoms with Crippen LogP contribution in [0, 0.1) is 11.8 Å². The largest absolute Gasteiger partial charge is 0.507 e. The summed E-state index contributed by atoms with van der Waals surface area (Å²) in [5.74, 6) is 6.21. The van der Waals surface area contributed by atoms with Crippen LogP contribution in [0.25, 0.3) is 21.5 Å². The average molecular weight is 336 g/mol. The number of carbonyl (C=O) groups excluding carboxylic acids is 1. The lowest BCUT2D eigenvalue weighted by Gasteiger charge is -2.06.